The SMILES string of the molecule is O=C(NCc1nnc(SCC2CCCO2)n1Cc1ccccc1)C1CCCCC1. The molecule has 1 aliphatic heterocycles. The maximum Gasteiger partial charge on any atom is 0.223 e. The summed E-state index contributed by atoms with van der Waals surface area (Å²) < 4.78 is 7.89. The summed E-state index contributed by atoms with van der Waals surface area (Å²) in [5.41, 5.74) is 1.20. The summed E-state index contributed by atoms with van der Waals surface area (Å²) in [5, 5.41) is 12.8. The zero-order valence-corrected chi connectivity index (χ0v) is 17.7. The second-order valence-electron chi connectivity index (χ2n) is 7.97. The van der Waals surface area contributed by atoms with E-state index in [1.807, 2.05) is 18.2 Å². The number of ether oxygens (including phenoxy) is 1. The molecule has 4 rings (SSSR count). The van der Waals surface area contributed by atoms with Gasteiger partial charge in [-0.1, -0.05) is 61.4 Å². The minimum absolute atomic E-state index is 0.155. The van der Waals surface area contributed by atoms with Crippen LogP contribution in [0.15, 0.2) is 35.5 Å². The number of carbonyl (C=O) groups is 1. The van der Waals surface area contributed by atoms with Crippen LogP contribution in [0.5, 0.6) is 0 Å². The van der Waals surface area contributed by atoms with E-state index in [9.17, 15) is 4.79 Å². The van der Waals surface area contributed by atoms with Gasteiger partial charge in [0.15, 0.2) is 11.0 Å². The molecule has 0 bridgehead atoms. The molecule has 1 atom stereocenters. The molecule has 2 aromatic rings. The van der Waals surface area contributed by atoms with E-state index in [1.54, 1.807) is 11.8 Å². The fourth-order valence-corrected chi connectivity index (χ4v) is 5.12. The third-order valence-corrected chi connectivity index (χ3v) is 6.89. The first-order valence-electron chi connectivity index (χ1n) is 10.8. The predicted molar refractivity (Wildman–Crippen MR) is 114 cm³/mol. The summed E-state index contributed by atoms with van der Waals surface area (Å²) in [7, 11) is 0. The zero-order chi connectivity index (χ0) is 19.9. The number of nitrogens with zero attached hydrogens (tertiary/aromatic N) is 3. The highest BCUT2D eigenvalue weighted by Gasteiger charge is 2.22. The molecule has 1 saturated heterocycles. The van der Waals surface area contributed by atoms with Crippen molar-refractivity contribution in [2.75, 3.05) is 12.4 Å². The lowest BCUT2D eigenvalue weighted by Crippen LogP contribution is -2.32. The molecule has 7 heteroatoms. The molecule has 1 unspecified atom stereocenters. The minimum atomic E-state index is 0.155. The Morgan fingerprint density at radius 1 is 1.10 bits per heavy atom. The van der Waals surface area contributed by atoms with Crippen LogP contribution in [0, 0.1) is 5.92 Å². The Hall–Kier alpha value is -1.86. The molecule has 1 aromatic heterocycles. The molecule has 2 aliphatic rings. The van der Waals surface area contributed by atoms with Gasteiger partial charge >= 0.3 is 0 Å². The number of carbonyl (C=O) groups excluding carboxylic acids is 1. The van der Waals surface area contributed by atoms with Crippen molar-refractivity contribution in [3.05, 3.63) is 41.7 Å². The number of rotatable bonds is 8. The van der Waals surface area contributed by atoms with Crippen LogP contribution in [0.4, 0.5) is 0 Å². The van der Waals surface area contributed by atoms with E-state index in [4.69, 9.17) is 4.74 Å². The monoisotopic (exact) mass is 414 g/mol. The number of hydrogen-bond donors (Lipinski definition) is 1. The van der Waals surface area contributed by atoms with E-state index in [2.05, 4.69) is 32.2 Å². The Bertz CT molecular complexity index is 783. The first kappa shape index (κ1) is 20.4. The molecule has 1 amide bonds. The molecule has 6 nitrogen and oxygen atoms in total. The molecule has 156 valence electrons. The smallest absolute Gasteiger partial charge is 0.223 e. The molecule has 1 aromatic carbocycles. The number of amides is 1. The van der Waals surface area contributed by atoms with Gasteiger partial charge in [-0.15, -0.1) is 10.2 Å². The quantitative estimate of drug-likeness (QED) is 0.666. The van der Waals surface area contributed by atoms with Gasteiger partial charge in [-0.2, -0.15) is 0 Å². The van der Waals surface area contributed by atoms with Crippen molar-refractivity contribution < 1.29 is 9.53 Å². The van der Waals surface area contributed by atoms with Gasteiger partial charge in [0.25, 0.3) is 0 Å². The highest BCUT2D eigenvalue weighted by Crippen LogP contribution is 2.25. The fourth-order valence-electron chi connectivity index (χ4n) is 4.10. The molecule has 2 fully saturated rings. The molecule has 29 heavy (non-hydrogen) atoms. The van der Waals surface area contributed by atoms with Crippen LogP contribution in [-0.4, -0.2) is 39.1 Å². The second kappa shape index (κ2) is 10.3. The van der Waals surface area contributed by atoms with Gasteiger partial charge < -0.3 is 14.6 Å². The lowest BCUT2D eigenvalue weighted by atomic mass is 9.89. The summed E-state index contributed by atoms with van der Waals surface area (Å²) in [6, 6.07) is 10.3. The van der Waals surface area contributed by atoms with Crippen molar-refractivity contribution in [1.82, 2.24) is 20.1 Å². The summed E-state index contributed by atoms with van der Waals surface area (Å²) in [6.45, 7) is 1.99. The van der Waals surface area contributed by atoms with E-state index in [0.29, 0.717) is 19.2 Å². The number of aromatic nitrogens is 3. The molecule has 1 aliphatic carbocycles. The molecule has 2 heterocycles. The number of nitrogens with one attached hydrogen (secondary N) is 1. The Morgan fingerprint density at radius 3 is 2.69 bits per heavy atom. The van der Waals surface area contributed by atoms with Crippen LogP contribution in [0.1, 0.15) is 56.3 Å². The van der Waals surface area contributed by atoms with E-state index in [1.165, 1.54) is 12.0 Å². The van der Waals surface area contributed by atoms with Gasteiger partial charge in [0.1, 0.15) is 0 Å². The third kappa shape index (κ3) is 5.60. The summed E-state index contributed by atoms with van der Waals surface area (Å²) in [6.07, 6.45) is 8.14. The van der Waals surface area contributed by atoms with Crippen molar-refractivity contribution >= 4 is 17.7 Å². The molecule has 1 N–H and O–H groups in total. The fraction of sp³-hybridized carbons (Fsp3) is 0.591. The largest absolute Gasteiger partial charge is 0.377 e. The van der Waals surface area contributed by atoms with E-state index in [0.717, 1.165) is 61.9 Å². The zero-order valence-electron chi connectivity index (χ0n) is 16.9. The summed E-state index contributed by atoms with van der Waals surface area (Å²) >= 11 is 1.70. The molecule has 1 saturated carbocycles. The number of hydrogen-bond acceptors (Lipinski definition) is 5. The van der Waals surface area contributed by atoms with Gasteiger partial charge in [-0.3, -0.25) is 4.79 Å². The third-order valence-electron chi connectivity index (χ3n) is 5.80. The van der Waals surface area contributed by atoms with Crippen LogP contribution in [-0.2, 0) is 22.6 Å². The Balaban J connectivity index is 1.43. The first-order chi connectivity index (χ1) is 14.3. The van der Waals surface area contributed by atoms with Gasteiger partial charge in [-0.25, -0.2) is 0 Å². The predicted octanol–water partition coefficient (Wildman–Crippen LogP) is 3.79. The second-order valence-corrected chi connectivity index (χ2v) is 8.96. The van der Waals surface area contributed by atoms with E-state index >= 15 is 0 Å². The topological polar surface area (TPSA) is 69.0 Å². The lowest BCUT2D eigenvalue weighted by Gasteiger charge is -2.20. The Labute approximate surface area is 176 Å². The van der Waals surface area contributed by atoms with Crippen LogP contribution in [0.2, 0.25) is 0 Å². The highest BCUT2D eigenvalue weighted by molar-refractivity contribution is 7.99. The average Bonchev–Trinajstić information content (AvgIpc) is 3.42. The van der Waals surface area contributed by atoms with Gasteiger partial charge in [-0.05, 0) is 31.2 Å². The lowest BCUT2D eigenvalue weighted by molar-refractivity contribution is -0.126. The van der Waals surface area contributed by atoms with Crippen LogP contribution in [0.3, 0.4) is 0 Å². The molecule has 0 radical (unpaired) electrons. The standard InChI is InChI=1S/C22H30N4O2S/c27-21(18-10-5-2-6-11-18)23-14-20-24-25-22(29-16-19-12-7-13-28-19)26(20)15-17-8-3-1-4-9-17/h1,3-4,8-9,18-19H,2,5-7,10-16H2,(H,23,27). The maximum atomic E-state index is 12.6. The minimum Gasteiger partial charge on any atom is -0.377 e. The Morgan fingerprint density at radius 2 is 1.93 bits per heavy atom. The van der Waals surface area contributed by atoms with E-state index in [-0.39, 0.29) is 11.8 Å². The van der Waals surface area contributed by atoms with Crippen molar-refractivity contribution in [2.24, 2.45) is 5.92 Å². The normalized spacial score (nSPS) is 20.1. The van der Waals surface area contributed by atoms with Crippen molar-refractivity contribution in [3.63, 3.8) is 0 Å². The van der Waals surface area contributed by atoms with E-state index < -0.39 is 0 Å². The van der Waals surface area contributed by atoms with Gasteiger partial charge in [0, 0.05) is 18.3 Å². The first-order valence-corrected chi connectivity index (χ1v) is 11.8. The average molecular weight is 415 g/mol. The van der Waals surface area contributed by atoms with Crippen molar-refractivity contribution in [2.45, 2.75) is 69.3 Å². The van der Waals surface area contributed by atoms with Crippen LogP contribution in [0.25, 0.3) is 0 Å². The number of benzene rings is 1. The molecular weight excluding hydrogens is 384 g/mol. The van der Waals surface area contributed by atoms with Crippen LogP contribution < -0.4 is 5.32 Å². The number of thioether (sulfide) groups is 1. The maximum absolute atomic E-state index is 12.6. The van der Waals surface area contributed by atoms with Crippen LogP contribution >= 0.6 is 11.8 Å². The summed E-state index contributed by atoms with van der Waals surface area (Å²) in [5.74, 6) is 2.02. The molecule has 0 spiro atoms. The van der Waals surface area contributed by atoms with Crippen molar-refractivity contribution in [3.8, 4) is 0 Å². The highest BCUT2D eigenvalue weighted by atomic mass is 32.2. The molecular formula is C22H30N4O2S. The summed E-state index contributed by atoms with van der Waals surface area (Å²) in [4.78, 5) is 12.6. The van der Waals surface area contributed by atoms with Gasteiger partial charge in [0.2, 0.25) is 5.91 Å². The van der Waals surface area contributed by atoms with Gasteiger partial charge in [0.05, 0.1) is 19.2 Å². The Kier molecular flexibility index (Phi) is 7.22. The van der Waals surface area contributed by atoms with Crippen molar-refractivity contribution in [1.29, 1.82) is 0 Å².